The molecule has 0 unspecified atom stereocenters. The molecule has 3 heterocycles. The summed E-state index contributed by atoms with van der Waals surface area (Å²) in [5.41, 5.74) is 1.10. The molecule has 0 spiro atoms. The molecule has 1 N–H and O–H groups in total. The van der Waals surface area contributed by atoms with Crippen LogP contribution in [0.4, 0.5) is 5.82 Å². The molecular weight excluding hydrogens is 288 g/mol. The molecule has 5 nitrogen and oxygen atoms in total. The molecule has 1 fully saturated rings. The van der Waals surface area contributed by atoms with E-state index in [2.05, 4.69) is 21.4 Å². The molecule has 2 aromatic heterocycles. The van der Waals surface area contributed by atoms with E-state index in [9.17, 15) is 0 Å². The summed E-state index contributed by atoms with van der Waals surface area (Å²) in [6, 6.07) is 4.01. The van der Waals surface area contributed by atoms with Crippen molar-refractivity contribution in [3.05, 3.63) is 41.1 Å². The van der Waals surface area contributed by atoms with Crippen LogP contribution in [0.1, 0.15) is 18.3 Å². The van der Waals surface area contributed by atoms with Gasteiger partial charge >= 0.3 is 0 Å². The van der Waals surface area contributed by atoms with Gasteiger partial charge in [-0.2, -0.15) is 0 Å². The van der Waals surface area contributed by atoms with E-state index >= 15 is 0 Å². The Balaban J connectivity index is 1.94. The highest BCUT2D eigenvalue weighted by Gasteiger charge is 2.42. The molecule has 0 saturated carbocycles. The molecule has 0 atom stereocenters. The molecule has 0 aliphatic carbocycles. The summed E-state index contributed by atoms with van der Waals surface area (Å²) in [5, 5.41) is 3.73. The van der Waals surface area contributed by atoms with Gasteiger partial charge in [-0.15, -0.1) is 0 Å². The minimum Gasteiger partial charge on any atom is -0.379 e. The lowest BCUT2D eigenvalue weighted by Crippen LogP contribution is -2.49. The van der Waals surface area contributed by atoms with Crippen molar-refractivity contribution < 1.29 is 4.74 Å². The van der Waals surface area contributed by atoms with Gasteiger partial charge in [0.1, 0.15) is 16.8 Å². The molecule has 0 bridgehead atoms. The summed E-state index contributed by atoms with van der Waals surface area (Å²) in [6.45, 7) is 4.23. The van der Waals surface area contributed by atoms with Crippen LogP contribution in [0.25, 0.3) is 0 Å². The summed E-state index contributed by atoms with van der Waals surface area (Å²) in [7, 11) is 2.01. The Labute approximate surface area is 129 Å². The van der Waals surface area contributed by atoms with Crippen molar-refractivity contribution >= 4 is 17.4 Å². The Hall–Kier alpha value is -1.59. The van der Waals surface area contributed by atoms with E-state index in [0.717, 1.165) is 30.2 Å². The number of halogens is 1. The van der Waals surface area contributed by atoms with Crippen LogP contribution in [0, 0.1) is 0 Å². The second kappa shape index (κ2) is 5.66. The summed E-state index contributed by atoms with van der Waals surface area (Å²) in [5.74, 6) is 1.86. The predicted octanol–water partition coefficient (Wildman–Crippen LogP) is 2.41. The molecule has 0 amide bonds. The van der Waals surface area contributed by atoms with Gasteiger partial charge in [0.15, 0.2) is 0 Å². The molecule has 112 valence electrons. The maximum atomic E-state index is 6.17. The van der Waals surface area contributed by atoms with Crippen molar-refractivity contribution in [3.8, 4) is 0 Å². The first-order valence-electron chi connectivity index (χ1n) is 7.09. The number of nitrogens with zero attached hydrogens (tertiary/aromatic N) is 3. The quantitative estimate of drug-likeness (QED) is 0.862. The molecule has 2 aromatic rings. The van der Waals surface area contributed by atoms with E-state index in [1.165, 1.54) is 0 Å². The lowest BCUT2D eigenvalue weighted by atomic mass is 9.76. The number of nitrogens with one attached hydrogen (secondary N) is 1. The van der Waals surface area contributed by atoms with Gasteiger partial charge in [0.25, 0.3) is 0 Å². The number of imidazole rings is 1. The van der Waals surface area contributed by atoms with Gasteiger partial charge in [-0.05, 0) is 24.6 Å². The first-order chi connectivity index (χ1) is 10.1. The first-order valence-corrected chi connectivity index (χ1v) is 7.47. The van der Waals surface area contributed by atoms with Crippen molar-refractivity contribution in [1.82, 2.24) is 14.5 Å². The Morgan fingerprint density at radius 1 is 1.43 bits per heavy atom. The summed E-state index contributed by atoms with van der Waals surface area (Å²) in [4.78, 5) is 8.74. The fourth-order valence-electron chi connectivity index (χ4n) is 2.66. The van der Waals surface area contributed by atoms with E-state index in [4.69, 9.17) is 16.3 Å². The minimum atomic E-state index is -0.0597. The highest BCUT2D eigenvalue weighted by atomic mass is 35.5. The number of hydrogen-bond acceptors (Lipinski definition) is 4. The van der Waals surface area contributed by atoms with Crippen LogP contribution in [0.2, 0.25) is 5.15 Å². The molecule has 3 rings (SSSR count). The first kappa shape index (κ1) is 14.4. The Bertz CT molecular complexity index is 636. The number of aromatic nitrogens is 3. The molecule has 1 aliphatic rings. The fourth-order valence-corrected chi connectivity index (χ4v) is 2.87. The van der Waals surface area contributed by atoms with E-state index in [-0.39, 0.29) is 5.41 Å². The standard InChI is InChI=1S/C15H19ClN4O/c1-3-17-13-7-11(6-12(16)19-13)15(9-21-10-15)8-14-18-4-5-20(14)2/h4-7H,3,8-10H2,1-2H3,(H,17,19). The minimum absolute atomic E-state index is 0.0597. The van der Waals surface area contributed by atoms with E-state index in [1.54, 1.807) is 0 Å². The van der Waals surface area contributed by atoms with Gasteiger partial charge in [-0.3, -0.25) is 0 Å². The molecule has 1 aliphatic heterocycles. The van der Waals surface area contributed by atoms with Crippen molar-refractivity contribution in [2.45, 2.75) is 18.8 Å². The normalized spacial score (nSPS) is 16.5. The van der Waals surface area contributed by atoms with E-state index in [1.807, 2.05) is 37.0 Å². The van der Waals surface area contributed by atoms with Gasteiger partial charge in [0.05, 0.1) is 13.2 Å². The maximum absolute atomic E-state index is 6.17. The van der Waals surface area contributed by atoms with Gasteiger partial charge in [0, 0.05) is 37.8 Å². The SMILES string of the molecule is CCNc1cc(C2(Cc3nccn3C)COC2)cc(Cl)n1. The maximum Gasteiger partial charge on any atom is 0.131 e. The molecule has 0 aromatic carbocycles. The number of hydrogen-bond donors (Lipinski definition) is 1. The summed E-state index contributed by atoms with van der Waals surface area (Å²) >= 11 is 6.17. The number of ether oxygens (including phenoxy) is 1. The zero-order valence-electron chi connectivity index (χ0n) is 12.3. The van der Waals surface area contributed by atoms with Crippen molar-refractivity contribution in [1.29, 1.82) is 0 Å². The third-order valence-electron chi connectivity index (χ3n) is 3.94. The highest BCUT2D eigenvalue weighted by Crippen LogP contribution is 2.37. The van der Waals surface area contributed by atoms with Gasteiger partial charge in [-0.1, -0.05) is 11.6 Å². The van der Waals surface area contributed by atoms with Gasteiger partial charge < -0.3 is 14.6 Å². The smallest absolute Gasteiger partial charge is 0.131 e. The van der Waals surface area contributed by atoms with Gasteiger partial charge in [0.2, 0.25) is 0 Å². The molecule has 6 heteroatoms. The van der Waals surface area contributed by atoms with Crippen LogP contribution in [0.5, 0.6) is 0 Å². The average molecular weight is 307 g/mol. The predicted molar refractivity (Wildman–Crippen MR) is 82.8 cm³/mol. The number of anilines is 1. The Morgan fingerprint density at radius 3 is 2.81 bits per heavy atom. The lowest BCUT2D eigenvalue weighted by Gasteiger charge is -2.42. The molecule has 21 heavy (non-hydrogen) atoms. The van der Waals surface area contributed by atoms with Crippen molar-refractivity contribution in [2.24, 2.45) is 7.05 Å². The van der Waals surface area contributed by atoms with E-state index in [0.29, 0.717) is 18.4 Å². The molecule has 1 saturated heterocycles. The zero-order valence-corrected chi connectivity index (χ0v) is 13.0. The number of aryl methyl sites for hydroxylation is 1. The Kier molecular flexibility index (Phi) is 3.87. The third-order valence-corrected chi connectivity index (χ3v) is 4.13. The van der Waals surface area contributed by atoms with Crippen molar-refractivity contribution in [2.75, 3.05) is 25.1 Å². The highest BCUT2D eigenvalue weighted by molar-refractivity contribution is 6.29. The van der Waals surface area contributed by atoms with Crippen LogP contribution in [-0.4, -0.2) is 34.3 Å². The molecule has 0 radical (unpaired) electrons. The van der Waals surface area contributed by atoms with Crippen LogP contribution >= 0.6 is 11.6 Å². The second-order valence-electron chi connectivity index (χ2n) is 5.50. The third kappa shape index (κ3) is 2.76. The van der Waals surface area contributed by atoms with Crippen molar-refractivity contribution in [3.63, 3.8) is 0 Å². The monoisotopic (exact) mass is 306 g/mol. The second-order valence-corrected chi connectivity index (χ2v) is 5.89. The van der Waals surface area contributed by atoms with Crippen LogP contribution in [0.3, 0.4) is 0 Å². The lowest BCUT2D eigenvalue weighted by molar-refractivity contribution is -0.0610. The Morgan fingerprint density at radius 2 is 2.24 bits per heavy atom. The largest absolute Gasteiger partial charge is 0.379 e. The zero-order chi connectivity index (χ0) is 14.9. The summed E-state index contributed by atoms with van der Waals surface area (Å²) < 4.78 is 7.55. The number of pyridine rings is 1. The molecular formula is C15H19ClN4O. The van der Waals surface area contributed by atoms with Gasteiger partial charge in [-0.25, -0.2) is 9.97 Å². The van der Waals surface area contributed by atoms with Crippen LogP contribution < -0.4 is 5.32 Å². The van der Waals surface area contributed by atoms with Crippen LogP contribution in [-0.2, 0) is 23.6 Å². The fraction of sp³-hybridized carbons (Fsp3) is 0.467. The summed E-state index contributed by atoms with van der Waals surface area (Å²) in [6.07, 6.45) is 4.63. The number of rotatable bonds is 5. The average Bonchev–Trinajstić information content (AvgIpc) is 2.79. The van der Waals surface area contributed by atoms with E-state index < -0.39 is 0 Å². The van der Waals surface area contributed by atoms with Crippen LogP contribution in [0.15, 0.2) is 24.5 Å². The topological polar surface area (TPSA) is 52.0 Å².